The van der Waals surface area contributed by atoms with Gasteiger partial charge in [-0.15, -0.1) is 0 Å². The lowest BCUT2D eigenvalue weighted by molar-refractivity contribution is 0.00578. The molecule has 7 heteroatoms. The summed E-state index contributed by atoms with van der Waals surface area (Å²) >= 11 is 0. The number of carboxylic acids is 1. The fourth-order valence-electron chi connectivity index (χ4n) is 2.73. The van der Waals surface area contributed by atoms with Crippen LogP contribution in [0.5, 0.6) is 0 Å². The zero-order chi connectivity index (χ0) is 17.6. The van der Waals surface area contributed by atoms with Crippen molar-refractivity contribution in [2.45, 2.75) is 65.7 Å². The van der Waals surface area contributed by atoms with Gasteiger partial charge in [0.25, 0.3) is 5.56 Å². The molecule has 2 heterocycles. The quantitative estimate of drug-likeness (QED) is 0.849. The standard InChI is InChI=1S/C16H24BNO5/c1-7-10-11(17-22-15(3,4)16(5,6)23-17)9-18(8-2)13(19)12(10)14(20)21/h9H,7-8H2,1-6H3,(H,20,21). The van der Waals surface area contributed by atoms with E-state index in [0.717, 1.165) is 0 Å². The number of nitrogens with zero attached hydrogens (tertiary/aromatic N) is 1. The highest BCUT2D eigenvalue weighted by Gasteiger charge is 2.52. The number of carboxylic acid groups (broad SMARTS) is 1. The van der Waals surface area contributed by atoms with E-state index in [1.807, 2.05) is 34.6 Å². The Hall–Kier alpha value is -1.60. The molecule has 0 radical (unpaired) electrons. The topological polar surface area (TPSA) is 77.8 Å². The van der Waals surface area contributed by atoms with Crippen molar-refractivity contribution in [3.05, 3.63) is 27.7 Å². The number of aryl methyl sites for hydroxylation is 1. The monoisotopic (exact) mass is 321 g/mol. The van der Waals surface area contributed by atoms with Gasteiger partial charge in [0.15, 0.2) is 0 Å². The Morgan fingerprint density at radius 2 is 1.74 bits per heavy atom. The number of hydrogen-bond donors (Lipinski definition) is 1. The van der Waals surface area contributed by atoms with Crippen molar-refractivity contribution in [3.63, 3.8) is 0 Å². The van der Waals surface area contributed by atoms with Gasteiger partial charge in [-0.25, -0.2) is 4.79 Å². The molecule has 0 spiro atoms. The van der Waals surface area contributed by atoms with E-state index in [0.29, 0.717) is 24.0 Å². The average molecular weight is 321 g/mol. The van der Waals surface area contributed by atoms with Gasteiger partial charge in [0.1, 0.15) is 5.56 Å². The highest BCUT2D eigenvalue weighted by Crippen LogP contribution is 2.36. The van der Waals surface area contributed by atoms with E-state index in [4.69, 9.17) is 9.31 Å². The van der Waals surface area contributed by atoms with Gasteiger partial charge in [-0.3, -0.25) is 4.79 Å². The normalized spacial score (nSPS) is 19.1. The molecule has 1 aliphatic heterocycles. The van der Waals surface area contributed by atoms with Crippen LogP contribution in [0.25, 0.3) is 0 Å². The van der Waals surface area contributed by atoms with Crippen LogP contribution in [-0.2, 0) is 22.3 Å². The largest absolute Gasteiger partial charge is 0.496 e. The predicted octanol–water partition coefficient (Wildman–Crippen LogP) is 1.43. The smallest absolute Gasteiger partial charge is 0.477 e. The van der Waals surface area contributed by atoms with E-state index < -0.39 is 29.8 Å². The Morgan fingerprint density at radius 1 is 1.22 bits per heavy atom. The summed E-state index contributed by atoms with van der Waals surface area (Å²) in [6.45, 7) is 11.8. The Bertz CT molecular complexity index is 676. The lowest BCUT2D eigenvalue weighted by Crippen LogP contribution is -2.43. The van der Waals surface area contributed by atoms with Gasteiger partial charge in [0.05, 0.1) is 11.2 Å². The summed E-state index contributed by atoms with van der Waals surface area (Å²) in [5.41, 5.74) is -0.646. The molecule has 0 aromatic carbocycles. The molecular formula is C16H24BNO5. The maximum Gasteiger partial charge on any atom is 0.496 e. The fourth-order valence-corrected chi connectivity index (χ4v) is 2.73. The Kier molecular flexibility index (Phi) is 4.48. The summed E-state index contributed by atoms with van der Waals surface area (Å²) in [6.07, 6.45) is 2.08. The number of pyridine rings is 1. The molecule has 0 unspecified atom stereocenters. The molecule has 23 heavy (non-hydrogen) atoms. The van der Waals surface area contributed by atoms with E-state index >= 15 is 0 Å². The molecule has 2 rings (SSSR count). The Labute approximate surface area is 136 Å². The van der Waals surface area contributed by atoms with E-state index in [9.17, 15) is 14.7 Å². The minimum Gasteiger partial charge on any atom is -0.477 e. The first-order valence-electron chi connectivity index (χ1n) is 7.90. The van der Waals surface area contributed by atoms with Crippen LogP contribution in [0.4, 0.5) is 0 Å². The van der Waals surface area contributed by atoms with Crippen molar-refractivity contribution in [2.24, 2.45) is 0 Å². The fraction of sp³-hybridized carbons (Fsp3) is 0.625. The average Bonchev–Trinajstić information content (AvgIpc) is 2.66. The number of aromatic carboxylic acids is 1. The second kappa shape index (κ2) is 5.80. The molecule has 0 aliphatic carbocycles. The second-order valence-corrected chi connectivity index (χ2v) is 6.78. The van der Waals surface area contributed by atoms with Crippen LogP contribution in [-0.4, -0.2) is 34.0 Å². The summed E-state index contributed by atoms with van der Waals surface area (Å²) in [6, 6.07) is 0. The molecule has 1 fully saturated rings. The third-order valence-corrected chi connectivity index (χ3v) is 4.84. The molecule has 0 bridgehead atoms. The van der Waals surface area contributed by atoms with Gasteiger partial charge in [-0.1, -0.05) is 6.92 Å². The van der Waals surface area contributed by atoms with Crippen LogP contribution in [0.3, 0.4) is 0 Å². The van der Waals surface area contributed by atoms with Crippen LogP contribution >= 0.6 is 0 Å². The molecule has 1 N–H and O–H groups in total. The molecule has 6 nitrogen and oxygen atoms in total. The van der Waals surface area contributed by atoms with Crippen molar-refractivity contribution in [1.29, 1.82) is 0 Å². The van der Waals surface area contributed by atoms with E-state index in [2.05, 4.69) is 0 Å². The molecule has 1 aliphatic rings. The van der Waals surface area contributed by atoms with Gasteiger partial charge in [0.2, 0.25) is 0 Å². The van der Waals surface area contributed by atoms with E-state index in [-0.39, 0.29) is 5.56 Å². The number of aromatic nitrogens is 1. The summed E-state index contributed by atoms with van der Waals surface area (Å²) < 4.78 is 13.5. The summed E-state index contributed by atoms with van der Waals surface area (Å²) in [4.78, 5) is 23.9. The van der Waals surface area contributed by atoms with Gasteiger partial charge in [-0.2, -0.15) is 0 Å². The first-order chi connectivity index (χ1) is 10.6. The van der Waals surface area contributed by atoms with Gasteiger partial charge < -0.3 is 19.0 Å². The van der Waals surface area contributed by atoms with Crippen LogP contribution in [0, 0.1) is 0 Å². The SMILES string of the molecule is CCc1c(B2OC(C)(C)C(C)(C)O2)cn(CC)c(=O)c1C(=O)O. The maximum atomic E-state index is 12.3. The molecule has 0 amide bonds. The molecule has 1 aromatic heterocycles. The van der Waals surface area contributed by atoms with Crippen molar-refractivity contribution < 1.29 is 19.2 Å². The minimum atomic E-state index is -1.22. The first kappa shape index (κ1) is 17.8. The van der Waals surface area contributed by atoms with Gasteiger partial charge in [-0.05, 0) is 46.6 Å². The second-order valence-electron chi connectivity index (χ2n) is 6.78. The van der Waals surface area contributed by atoms with Crippen molar-refractivity contribution >= 4 is 18.6 Å². The highest BCUT2D eigenvalue weighted by molar-refractivity contribution is 6.62. The van der Waals surface area contributed by atoms with Crippen LogP contribution in [0.1, 0.15) is 57.5 Å². The van der Waals surface area contributed by atoms with E-state index in [1.54, 1.807) is 13.1 Å². The third-order valence-electron chi connectivity index (χ3n) is 4.84. The zero-order valence-corrected chi connectivity index (χ0v) is 14.6. The molecular weight excluding hydrogens is 297 g/mol. The lowest BCUT2D eigenvalue weighted by Gasteiger charge is -2.32. The van der Waals surface area contributed by atoms with Crippen LogP contribution in [0.15, 0.2) is 11.0 Å². The molecule has 126 valence electrons. The van der Waals surface area contributed by atoms with Crippen molar-refractivity contribution in [1.82, 2.24) is 4.57 Å². The number of hydrogen-bond acceptors (Lipinski definition) is 4. The van der Waals surface area contributed by atoms with Crippen LogP contribution < -0.4 is 11.0 Å². The maximum absolute atomic E-state index is 12.3. The Morgan fingerprint density at radius 3 is 2.13 bits per heavy atom. The minimum absolute atomic E-state index is 0.193. The Balaban J connectivity index is 2.66. The first-order valence-corrected chi connectivity index (χ1v) is 7.90. The van der Waals surface area contributed by atoms with Gasteiger partial charge in [0, 0.05) is 18.2 Å². The summed E-state index contributed by atoms with van der Waals surface area (Å²) in [5, 5.41) is 9.48. The van der Waals surface area contributed by atoms with Gasteiger partial charge >= 0.3 is 13.1 Å². The zero-order valence-electron chi connectivity index (χ0n) is 14.6. The summed E-state index contributed by atoms with van der Waals surface area (Å²) in [5.74, 6) is -1.22. The number of carbonyl (C=O) groups is 1. The molecule has 1 aromatic rings. The molecule has 1 saturated heterocycles. The van der Waals surface area contributed by atoms with Crippen molar-refractivity contribution in [2.75, 3.05) is 0 Å². The third kappa shape index (κ3) is 2.83. The molecule has 0 saturated carbocycles. The predicted molar refractivity (Wildman–Crippen MR) is 88.4 cm³/mol. The molecule has 0 atom stereocenters. The number of rotatable bonds is 4. The van der Waals surface area contributed by atoms with Crippen molar-refractivity contribution in [3.8, 4) is 0 Å². The highest BCUT2D eigenvalue weighted by atomic mass is 16.7. The van der Waals surface area contributed by atoms with E-state index in [1.165, 1.54) is 4.57 Å². The summed E-state index contributed by atoms with van der Waals surface area (Å²) in [7, 11) is -0.688. The lowest BCUT2D eigenvalue weighted by atomic mass is 9.75. The van der Waals surface area contributed by atoms with Crippen LogP contribution in [0.2, 0.25) is 0 Å².